The fourth-order valence-electron chi connectivity index (χ4n) is 0.275. The van der Waals surface area contributed by atoms with Crippen LogP contribution in [0.2, 0.25) is 0 Å². The highest BCUT2D eigenvalue weighted by Gasteiger charge is 1.95. The molecule has 1 N–H and O–H groups in total. The standard InChI is InChI=1S/C6H11NO2/c1-3-4-9-6(8)5-7-2/h3,7H,1,4-5H2,2H3/i2D3. The van der Waals surface area contributed by atoms with Crippen LogP contribution < -0.4 is 5.32 Å². The molecule has 0 aromatic rings. The van der Waals surface area contributed by atoms with Gasteiger partial charge in [0, 0.05) is 4.11 Å². The van der Waals surface area contributed by atoms with Gasteiger partial charge in [-0.3, -0.25) is 4.79 Å². The van der Waals surface area contributed by atoms with Crippen LogP contribution in [0, 0.1) is 0 Å². The first-order chi connectivity index (χ1) is 5.45. The largest absolute Gasteiger partial charge is 0.461 e. The SMILES string of the molecule is [2H]C([2H])([2H])NCC(=O)OCC=C. The third-order valence-electron chi connectivity index (χ3n) is 0.595. The minimum absolute atomic E-state index is 0.0987. The molecular formula is C6H11NO2. The molecule has 0 atom stereocenters. The highest BCUT2D eigenvalue weighted by molar-refractivity contribution is 5.71. The van der Waals surface area contributed by atoms with E-state index < -0.39 is 12.9 Å². The van der Waals surface area contributed by atoms with Crippen molar-refractivity contribution in [2.24, 2.45) is 0 Å². The zero-order valence-electron chi connectivity index (χ0n) is 8.02. The summed E-state index contributed by atoms with van der Waals surface area (Å²) in [5.74, 6) is -0.606. The van der Waals surface area contributed by atoms with Gasteiger partial charge in [-0.15, -0.1) is 0 Å². The van der Waals surface area contributed by atoms with Gasteiger partial charge in [0.25, 0.3) is 0 Å². The maximum absolute atomic E-state index is 10.7. The summed E-state index contributed by atoms with van der Waals surface area (Å²) < 4.78 is 24.6. The van der Waals surface area contributed by atoms with Crippen molar-refractivity contribution >= 4 is 5.97 Å². The maximum atomic E-state index is 10.7. The lowest BCUT2D eigenvalue weighted by Crippen LogP contribution is -2.20. The van der Waals surface area contributed by atoms with Gasteiger partial charge < -0.3 is 10.1 Å². The minimum Gasteiger partial charge on any atom is -0.461 e. The van der Waals surface area contributed by atoms with Crippen LogP contribution in [0.25, 0.3) is 0 Å². The van der Waals surface area contributed by atoms with Gasteiger partial charge >= 0.3 is 5.97 Å². The average molecular weight is 132 g/mol. The second-order valence-electron chi connectivity index (χ2n) is 1.33. The van der Waals surface area contributed by atoms with E-state index in [4.69, 9.17) is 4.11 Å². The Morgan fingerprint density at radius 2 is 2.89 bits per heavy atom. The Morgan fingerprint density at radius 3 is 3.44 bits per heavy atom. The summed E-state index contributed by atoms with van der Waals surface area (Å²) in [6.45, 7) is 0.818. The van der Waals surface area contributed by atoms with Gasteiger partial charge in [-0.2, -0.15) is 0 Å². The van der Waals surface area contributed by atoms with Gasteiger partial charge in [-0.05, 0) is 6.98 Å². The van der Waals surface area contributed by atoms with Crippen LogP contribution in [0.4, 0.5) is 0 Å². The third-order valence-corrected chi connectivity index (χ3v) is 0.595. The number of carbonyl (C=O) groups excluding carboxylic acids is 1. The Balaban J connectivity index is 3.51. The minimum atomic E-state index is -2.30. The Bertz CT molecular complexity index is 167. The molecule has 0 bridgehead atoms. The van der Waals surface area contributed by atoms with E-state index in [1.807, 2.05) is 5.32 Å². The first-order valence-electron chi connectivity index (χ1n) is 3.97. The van der Waals surface area contributed by atoms with Crippen LogP contribution in [0.5, 0.6) is 0 Å². The number of hydrogen-bond donors (Lipinski definition) is 1. The van der Waals surface area contributed by atoms with E-state index in [1.165, 1.54) is 6.08 Å². The molecule has 0 fully saturated rings. The highest BCUT2D eigenvalue weighted by atomic mass is 16.5. The van der Waals surface area contributed by atoms with Crippen molar-refractivity contribution in [3.05, 3.63) is 12.7 Å². The van der Waals surface area contributed by atoms with Gasteiger partial charge in [0.05, 0.1) is 6.54 Å². The van der Waals surface area contributed by atoms with Crippen molar-refractivity contribution in [2.75, 3.05) is 20.1 Å². The maximum Gasteiger partial charge on any atom is 0.320 e. The smallest absolute Gasteiger partial charge is 0.320 e. The number of hydrogen-bond acceptors (Lipinski definition) is 3. The molecule has 0 aliphatic carbocycles. The van der Waals surface area contributed by atoms with Gasteiger partial charge in [-0.25, -0.2) is 0 Å². The molecule has 3 heteroatoms. The third kappa shape index (κ3) is 5.03. The molecule has 0 rings (SSSR count). The van der Waals surface area contributed by atoms with Crippen LogP contribution in [0.15, 0.2) is 12.7 Å². The molecule has 0 radical (unpaired) electrons. The average Bonchev–Trinajstić information content (AvgIpc) is 1.95. The van der Waals surface area contributed by atoms with Gasteiger partial charge in [0.2, 0.25) is 0 Å². The van der Waals surface area contributed by atoms with E-state index in [0.29, 0.717) is 0 Å². The fourth-order valence-corrected chi connectivity index (χ4v) is 0.275. The fraction of sp³-hybridized carbons (Fsp3) is 0.500. The molecule has 0 aliphatic rings. The van der Waals surface area contributed by atoms with Crippen LogP contribution in [0.1, 0.15) is 4.11 Å². The first kappa shape index (κ1) is 4.06. The highest BCUT2D eigenvalue weighted by Crippen LogP contribution is 1.75. The molecule has 52 valence electrons. The molecule has 0 saturated heterocycles. The quantitative estimate of drug-likeness (QED) is 0.430. The van der Waals surface area contributed by atoms with Crippen molar-refractivity contribution in [1.82, 2.24) is 5.32 Å². The predicted molar refractivity (Wildman–Crippen MR) is 35.1 cm³/mol. The number of likely N-dealkylation sites (N-methyl/N-ethyl adjacent to an activating group) is 1. The number of nitrogens with one attached hydrogen (secondary N) is 1. The number of ether oxygens (including phenoxy) is 1. The predicted octanol–water partition coefficient (Wildman–Crippen LogP) is -0.0650. The van der Waals surface area contributed by atoms with Gasteiger partial charge in [-0.1, -0.05) is 12.7 Å². The molecule has 0 saturated carbocycles. The lowest BCUT2D eigenvalue weighted by molar-refractivity contribution is -0.141. The number of carbonyl (C=O) groups is 1. The molecule has 0 spiro atoms. The van der Waals surface area contributed by atoms with Gasteiger partial charge in [0.1, 0.15) is 6.61 Å². The number of esters is 1. The normalized spacial score (nSPS) is 14.9. The Kier molecular flexibility index (Phi) is 2.40. The zero-order valence-corrected chi connectivity index (χ0v) is 5.02. The van der Waals surface area contributed by atoms with Crippen molar-refractivity contribution in [2.45, 2.75) is 0 Å². The summed E-state index contributed by atoms with van der Waals surface area (Å²) in [6.07, 6.45) is 1.41. The second kappa shape index (κ2) is 5.31. The van der Waals surface area contributed by atoms with E-state index >= 15 is 0 Å². The first-order valence-corrected chi connectivity index (χ1v) is 2.47. The van der Waals surface area contributed by atoms with Crippen LogP contribution in [0.3, 0.4) is 0 Å². The van der Waals surface area contributed by atoms with Gasteiger partial charge in [0.15, 0.2) is 0 Å². The van der Waals surface area contributed by atoms with E-state index in [-0.39, 0.29) is 13.2 Å². The summed E-state index contributed by atoms with van der Waals surface area (Å²) in [5, 5.41) is 2.02. The molecular weight excluding hydrogens is 118 g/mol. The lowest BCUT2D eigenvalue weighted by Gasteiger charge is -1.98. The number of rotatable bonds is 4. The summed E-state index contributed by atoms with van der Waals surface area (Å²) in [7, 11) is 0. The van der Waals surface area contributed by atoms with Crippen molar-refractivity contribution in [3.8, 4) is 0 Å². The Labute approximate surface area is 58.9 Å². The Hall–Kier alpha value is -0.830. The zero-order chi connectivity index (χ0) is 9.61. The van der Waals surface area contributed by atoms with E-state index in [2.05, 4.69) is 11.3 Å². The van der Waals surface area contributed by atoms with E-state index in [9.17, 15) is 4.79 Å². The van der Waals surface area contributed by atoms with Crippen molar-refractivity contribution in [3.63, 3.8) is 0 Å². The van der Waals surface area contributed by atoms with E-state index in [1.54, 1.807) is 0 Å². The lowest BCUT2D eigenvalue weighted by atomic mass is 10.6. The molecule has 9 heavy (non-hydrogen) atoms. The summed E-state index contributed by atoms with van der Waals surface area (Å²) in [6, 6.07) is 0. The molecule has 0 heterocycles. The monoisotopic (exact) mass is 132 g/mol. The molecule has 0 aromatic carbocycles. The molecule has 0 amide bonds. The molecule has 0 aromatic heterocycles. The summed E-state index contributed by atoms with van der Waals surface area (Å²) >= 11 is 0. The van der Waals surface area contributed by atoms with Crippen molar-refractivity contribution in [1.29, 1.82) is 0 Å². The van der Waals surface area contributed by atoms with Crippen LogP contribution in [-0.2, 0) is 9.53 Å². The molecule has 3 nitrogen and oxygen atoms in total. The topological polar surface area (TPSA) is 38.3 Å². The Morgan fingerprint density at radius 1 is 2.11 bits per heavy atom. The van der Waals surface area contributed by atoms with Crippen LogP contribution in [-0.4, -0.2) is 26.1 Å². The van der Waals surface area contributed by atoms with Crippen LogP contribution >= 0.6 is 0 Å². The van der Waals surface area contributed by atoms with Crippen molar-refractivity contribution < 1.29 is 13.6 Å². The summed E-state index contributed by atoms with van der Waals surface area (Å²) in [4.78, 5) is 10.7. The second-order valence-corrected chi connectivity index (χ2v) is 1.33. The molecule has 0 unspecified atom stereocenters. The van der Waals surface area contributed by atoms with E-state index in [0.717, 1.165) is 0 Å². The molecule has 0 aliphatic heterocycles. The summed E-state index contributed by atoms with van der Waals surface area (Å²) in [5.41, 5.74) is 0.